The first-order valence-electron chi connectivity index (χ1n) is 5.24. The highest BCUT2D eigenvalue weighted by molar-refractivity contribution is 9.10. The summed E-state index contributed by atoms with van der Waals surface area (Å²) in [4.78, 5) is 21.5. The number of carbonyl (C=O) groups is 1. The molecule has 0 fully saturated rings. The number of nitrogens with one attached hydrogen (secondary N) is 1. The van der Waals surface area contributed by atoms with Crippen LogP contribution in [0.15, 0.2) is 16.6 Å². The Bertz CT molecular complexity index is 528. The molecular formula is C11H12BrFN2O4. The highest BCUT2D eigenvalue weighted by Crippen LogP contribution is 2.34. The van der Waals surface area contributed by atoms with Gasteiger partial charge in [0, 0.05) is 6.07 Å². The van der Waals surface area contributed by atoms with Crippen molar-refractivity contribution in [3.8, 4) is 0 Å². The molecule has 0 spiro atoms. The first-order valence-corrected chi connectivity index (χ1v) is 6.03. The second-order valence-corrected chi connectivity index (χ2v) is 5.43. The molecule has 19 heavy (non-hydrogen) atoms. The molecule has 1 rings (SSSR count). The third-order valence-corrected chi connectivity index (χ3v) is 2.70. The van der Waals surface area contributed by atoms with E-state index in [0.29, 0.717) is 0 Å². The van der Waals surface area contributed by atoms with Gasteiger partial charge in [0.1, 0.15) is 21.6 Å². The molecule has 0 aliphatic heterocycles. The number of halogens is 2. The van der Waals surface area contributed by atoms with Crippen molar-refractivity contribution in [3.05, 3.63) is 32.5 Å². The Kier molecular flexibility index (Phi) is 4.46. The van der Waals surface area contributed by atoms with Crippen LogP contribution in [0.25, 0.3) is 0 Å². The zero-order valence-electron chi connectivity index (χ0n) is 10.5. The molecule has 8 heteroatoms. The van der Waals surface area contributed by atoms with E-state index in [1.54, 1.807) is 20.8 Å². The SMILES string of the molecule is CC(C)(C)OC(=O)Nc1c(F)ccc([N+](=O)[O-])c1Br. The van der Waals surface area contributed by atoms with Gasteiger partial charge in [-0.05, 0) is 42.8 Å². The van der Waals surface area contributed by atoms with Crippen molar-refractivity contribution in [1.29, 1.82) is 0 Å². The Hall–Kier alpha value is -1.70. The largest absolute Gasteiger partial charge is 0.444 e. The van der Waals surface area contributed by atoms with E-state index in [1.807, 2.05) is 0 Å². The molecule has 1 N–H and O–H groups in total. The molecular weight excluding hydrogens is 323 g/mol. The average molecular weight is 335 g/mol. The fourth-order valence-corrected chi connectivity index (χ4v) is 1.77. The maximum absolute atomic E-state index is 13.6. The van der Waals surface area contributed by atoms with E-state index in [1.165, 1.54) is 0 Å². The van der Waals surface area contributed by atoms with Crippen molar-refractivity contribution in [1.82, 2.24) is 0 Å². The van der Waals surface area contributed by atoms with Gasteiger partial charge in [-0.3, -0.25) is 15.4 Å². The van der Waals surface area contributed by atoms with Crippen molar-refractivity contribution < 1.29 is 18.8 Å². The van der Waals surface area contributed by atoms with Crippen LogP contribution < -0.4 is 5.32 Å². The van der Waals surface area contributed by atoms with Crippen LogP contribution in [-0.2, 0) is 4.74 Å². The summed E-state index contributed by atoms with van der Waals surface area (Å²) in [5.41, 5.74) is -1.44. The first-order chi connectivity index (χ1) is 8.61. The first kappa shape index (κ1) is 15.4. The summed E-state index contributed by atoms with van der Waals surface area (Å²) in [7, 11) is 0. The molecule has 0 bridgehead atoms. The molecule has 6 nitrogen and oxygen atoms in total. The number of nitro benzene ring substituents is 1. The Morgan fingerprint density at radius 1 is 1.47 bits per heavy atom. The highest BCUT2D eigenvalue weighted by atomic mass is 79.9. The van der Waals surface area contributed by atoms with E-state index in [0.717, 1.165) is 12.1 Å². The van der Waals surface area contributed by atoms with Crippen molar-refractivity contribution >= 4 is 33.4 Å². The van der Waals surface area contributed by atoms with Crippen LogP contribution in [0.5, 0.6) is 0 Å². The Morgan fingerprint density at radius 3 is 2.53 bits per heavy atom. The Balaban J connectivity index is 3.04. The molecule has 0 aromatic heterocycles. The lowest BCUT2D eigenvalue weighted by Crippen LogP contribution is -2.27. The van der Waals surface area contributed by atoms with Gasteiger partial charge in [-0.15, -0.1) is 0 Å². The number of amides is 1. The molecule has 0 aliphatic rings. The molecule has 104 valence electrons. The summed E-state index contributed by atoms with van der Waals surface area (Å²) >= 11 is 2.89. The summed E-state index contributed by atoms with van der Waals surface area (Å²) in [6, 6.07) is 1.90. The van der Waals surface area contributed by atoms with E-state index in [9.17, 15) is 19.3 Å². The van der Waals surface area contributed by atoms with Crippen LogP contribution in [0, 0.1) is 15.9 Å². The molecule has 0 heterocycles. The summed E-state index contributed by atoms with van der Waals surface area (Å²) < 4.78 is 18.4. The zero-order valence-corrected chi connectivity index (χ0v) is 12.1. The molecule has 1 aromatic carbocycles. The fourth-order valence-electron chi connectivity index (χ4n) is 1.20. The predicted molar refractivity (Wildman–Crippen MR) is 70.6 cm³/mol. The Labute approximate surface area is 117 Å². The second-order valence-electron chi connectivity index (χ2n) is 4.64. The lowest BCUT2D eigenvalue weighted by Gasteiger charge is -2.20. The van der Waals surface area contributed by atoms with E-state index < -0.39 is 22.4 Å². The molecule has 0 radical (unpaired) electrons. The highest BCUT2D eigenvalue weighted by Gasteiger charge is 2.23. The zero-order chi connectivity index (χ0) is 14.8. The quantitative estimate of drug-likeness (QED) is 0.657. The van der Waals surface area contributed by atoms with E-state index in [4.69, 9.17) is 4.74 Å². The number of nitrogens with zero attached hydrogens (tertiary/aromatic N) is 1. The third kappa shape index (κ3) is 4.16. The summed E-state index contributed by atoms with van der Waals surface area (Å²) in [6.07, 6.45) is -0.896. The van der Waals surface area contributed by atoms with Gasteiger partial charge < -0.3 is 4.74 Å². The average Bonchev–Trinajstić information content (AvgIpc) is 2.21. The van der Waals surface area contributed by atoms with Gasteiger partial charge in [-0.25, -0.2) is 9.18 Å². The normalized spacial score (nSPS) is 11.0. The predicted octanol–water partition coefficient (Wildman–Crippen LogP) is 3.84. The van der Waals surface area contributed by atoms with Gasteiger partial charge in [0.2, 0.25) is 0 Å². The molecule has 0 unspecified atom stereocenters. The number of anilines is 1. The minimum absolute atomic E-state index is 0.150. The van der Waals surface area contributed by atoms with Crippen LogP contribution in [0.3, 0.4) is 0 Å². The van der Waals surface area contributed by atoms with E-state index in [-0.39, 0.29) is 15.8 Å². The van der Waals surface area contributed by atoms with Gasteiger partial charge in [0.25, 0.3) is 5.69 Å². The Morgan fingerprint density at radius 2 is 2.05 bits per heavy atom. The number of hydrogen-bond donors (Lipinski definition) is 1. The van der Waals surface area contributed by atoms with Crippen LogP contribution in [-0.4, -0.2) is 16.6 Å². The number of hydrogen-bond acceptors (Lipinski definition) is 4. The van der Waals surface area contributed by atoms with Gasteiger partial charge in [-0.1, -0.05) is 0 Å². The van der Waals surface area contributed by atoms with Crippen molar-refractivity contribution in [3.63, 3.8) is 0 Å². The number of ether oxygens (including phenoxy) is 1. The number of nitro groups is 1. The third-order valence-electron chi connectivity index (χ3n) is 1.89. The minimum Gasteiger partial charge on any atom is -0.444 e. The van der Waals surface area contributed by atoms with Gasteiger partial charge in [-0.2, -0.15) is 0 Å². The lowest BCUT2D eigenvalue weighted by molar-refractivity contribution is -0.385. The monoisotopic (exact) mass is 334 g/mol. The van der Waals surface area contributed by atoms with Crippen molar-refractivity contribution in [2.24, 2.45) is 0 Å². The summed E-state index contributed by atoms with van der Waals surface area (Å²) in [5.74, 6) is -0.802. The van der Waals surface area contributed by atoms with Gasteiger partial charge in [0.15, 0.2) is 0 Å². The van der Waals surface area contributed by atoms with E-state index >= 15 is 0 Å². The molecule has 1 amide bonds. The lowest BCUT2D eigenvalue weighted by atomic mass is 10.2. The van der Waals surface area contributed by atoms with Crippen molar-refractivity contribution in [2.45, 2.75) is 26.4 Å². The van der Waals surface area contributed by atoms with E-state index in [2.05, 4.69) is 21.2 Å². The number of rotatable bonds is 2. The molecule has 0 atom stereocenters. The van der Waals surface area contributed by atoms with Gasteiger partial charge in [0.05, 0.1) is 4.92 Å². The maximum Gasteiger partial charge on any atom is 0.412 e. The fraction of sp³-hybridized carbons (Fsp3) is 0.364. The van der Waals surface area contributed by atoms with Crippen LogP contribution in [0.1, 0.15) is 20.8 Å². The molecule has 1 aromatic rings. The molecule has 0 saturated heterocycles. The number of carbonyl (C=O) groups excluding carboxylic acids is 1. The van der Waals surface area contributed by atoms with Crippen LogP contribution in [0.4, 0.5) is 20.6 Å². The van der Waals surface area contributed by atoms with Crippen molar-refractivity contribution in [2.75, 3.05) is 5.32 Å². The van der Waals surface area contributed by atoms with Crippen LogP contribution in [0.2, 0.25) is 0 Å². The number of benzene rings is 1. The second kappa shape index (κ2) is 5.52. The standard InChI is InChI=1S/C11H12BrFN2O4/c1-11(2,3)19-10(16)14-9-6(13)4-5-7(8(9)12)15(17)18/h4-5H,1-3H3,(H,14,16). The summed E-state index contributed by atoms with van der Waals surface area (Å²) in [5, 5.41) is 12.9. The minimum atomic E-state index is -0.896. The topological polar surface area (TPSA) is 81.5 Å². The smallest absolute Gasteiger partial charge is 0.412 e. The summed E-state index contributed by atoms with van der Waals surface area (Å²) in [6.45, 7) is 4.93. The molecule has 0 aliphatic carbocycles. The van der Waals surface area contributed by atoms with Crippen LogP contribution >= 0.6 is 15.9 Å². The maximum atomic E-state index is 13.6. The molecule has 0 saturated carbocycles. The van der Waals surface area contributed by atoms with Gasteiger partial charge >= 0.3 is 6.09 Å².